The molecule has 190 valence electrons. The zero-order valence-electron chi connectivity index (χ0n) is 21.4. The van der Waals surface area contributed by atoms with Gasteiger partial charge in [-0.2, -0.15) is 0 Å². The summed E-state index contributed by atoms with van der Waals surface area (Å²) in [5.74, 6) is 1.24. The van der Waals surface area contributed by atoms with Crippen molar-refractivity contribution in [1.82, 2.24) is 0 Å². The van der Waals surface area contributed by atoms with Crippen LogP contribution in [0.1, 0.15) is 98.3 Å². The molecule has 0 aliphatic heterocycles. The van der Waals surface area contributed by atoms with Gasteiger partial charge in [-0.15, -0.1) is 0 Å². The van der Waals surface area contributed by atoms with Crippen molar-refractivity contribution >= 4 is 28.6 Å². The van der Waals surface area contributed by atoms with Crippen molar-refractivity contribution in [2.24, 2.45) is 28.6 Å². The molecule has 3 fully saturated rings. The van der Waals surface area contributed by atoms with Gasteiger partial charge in [0, 0.05) is 24.5 Å². The summed E-state index contributed by atoms with van der Waals surface area (Å²) in [6, 6.07) is 0. The largest absolute Gasteiger partial charge is 0.466 e. The van der Waals surface area contributed by atoms with E-state index in [4.69, 9.17) is 4.74 Å². The number of aliphatic hydroxyl groups is 1. The first-order chi connectivity index (χ1) is 16.1. The fraction of sp³-hybridized carbons (Fsp3) is 0.821. The fourth-order valence-corrected chi connectivity index (χ4v) is 9.35. The van der Waals surface area contributed by atoms with Gasteiger partial charge in [0.15, 0.2) is 10.9 Å². The highest BCUT2D eigenvalue weighted by atomic mass is 32.2. The topological polar surface area (TPSA) is 80.7 Å². The minimum absolute atomic E-state index is 0.0291. The SMILES string of the molecule is CCC(=O)OCCC[C@]1(O)CC[C@H]2[C@@H]3[C@H](SC(=O)CC)CC4=CC(=O)CC[C@]4(C)[C@H]3CC[C@@]21C. The molecule has 0 aromatic heterocycles. The Bertz CT molecular complexity index is 867. The average Bonchev–Trinajstić information content (AvgIpc) is 3.08. The lowest BCUT2D eigenvalue weighted by Crippen LogP contribution is -2.57. The molecule has 3 saturated carbocycles. The summed E-state index contributed by atoms with van der Waals surface area (Å²) in [5.41, 5.74) is 0.339. The summed E-state index contributed by atoms with van der Waals surface area (Å²) in [4.78, 5) is 36.4. The molecule has 7 atom stereocenters. The number of carbonyl (C=O) groups is 3. The third-order valence-electron chi connectivity index (χ3n) is 10.1. The standard InChI is InChI=1S/C28H42O5S/c1-5-23(30)33-15-7-11-28(32)14-10-21-25-20(9-13-27(21,28)4)26(3)12-8-19(29)16-18(26)17-22(25)34-24(31)6-2/h16,20-22,25,32H,5-15,17H2,1-4H3/t20-,21-,22+,25+,26-,27-,28-/m0/s1. The maximum atomic E-state index is 12.6. The van der Waals surface area contributed by atoms with Crippen molar-refractivity contribution in [2.45, 2.75) is 109 Å². The molecule has 4 rings (SSSR count). The minimum Gasteiger partial charge on any atom is -0.466 e. The van der Waals surface area contributed by atoms with Gasteiger partial charge in [0.25, 0.3) is 0 Å². The number of allylic oxidation sites excluding steroid dienone is 1. The predicted molar refractivity (Wildman–Crippen MR) is 134 cm³/mol. The number of hydrogen-bond acceptors (Lipinski definition) is 6. The quantitative estimate of drug-likeness (QED) is 0.368. The van der Waals surface area contributed by atoms with E-state index in [-0.39, 0.29) is 32.9 Å². The maximum Gasteiger partial charge on any atom is 0.305 e. The lowest BCUT2D eigenvalue weighted by atomic mass is 9.46. The van der Waals surface area contributed by atoms with Gasteiger partial charge in [-0.1, -0.05) is 45.0 Å². The highest BCUT2D eigenvalue weighted by Crippen LogP contribution is 2.69. The van der Waals surface area contributed by atoms with E-state index in [0.717, 1.165) is 38.5 Å². The van der Waals surface area contributed by atoms with Gasteiger partial charge < -0.3 is 9.84 Å². The Hall–Kier alpha value is -1.14. The van der Waals surface area contributed by atoms with Crippen LogP contribution in [0, 0.1) is 28.6 Å². The van der Waals surface area contributed by atoms with Crippen molar-refractivity contribution in [3.8, 4) is 0 Å². The van der Waals surface area contributed by atoms with Crippen LogP contribution in [-0.4, -0.2) is 39.4 Å². The Balaban J connectivity index is 1.59. The van der Waals surface area contributed by atoms with Crippen LogP contribution in [0.15, 0.2) is 11.6 Å². The van der Waals surface area contributed by atoms with Gasteiger partial charge in [-0.05, 0) is 86.0 Å². The first-order valence-corrected chi connectivity index (χ1v) is 14.3. The number of ether oxygens (including phenoxy) is 1. The normalized spacial score (nSPS) is 41.2. The lowest BCUT2D eigenvalue weighted by molar-refractivity contribution is -0.146. The highest BCUT2D eigenvalue weighted by Gasteiger charge is 2.65. The molecular weight excluding hydrogens is 448 g/mol. The number of thioether (sulfide) groups is 1. The van der Waals surface area contributed by atoms with E-state index in [1.54, 1.807) is 6.92 Å². The molecule has 0 aromatic carbocycles. The Kier molecular flexibility index (Phi) is 7.42. The van der Waals surface area contributed by atoms with E-state index in [9.17, 15) is 19.5 Å². The zero-order valence-corrected chi connectivity index (χ0v) is 22.2. The molecule has 1 N–H and O–H groups in total. The summed E-state index contributed by atoms with van der Waals surface area (Å²) < 4.78 is 5.28. The molecule has 0 amide bonds. The smallest absolute Gasteiger partial charge is 0.305 e. The van der Waals surface area contributed by atoms with Gasteiger partial charge >= 0.3 is 5.97 Å². The second kappa shape index (κ2) is 9.72. The van der Waals surface area contributed by atoms with Crippen LogP contribution in [-0.2, 0) is 19.1 Å². The van der Waals surface area contributed by atoms with Crippen LogP contribution in [0.3, 0.4) is 0 Å². The van der Waals surface area contributed by atoms with Crippen molar-refractivity contribution in [1.29, 1.82) is 0 Å². The zero-order chi connectivity index (χ0) is 24.7. The molecule has 0 spiro atoms. The van der Waals surface area contributed by atoms with E-state index >= 15 is 0 Å². The van der Waals surface area contributed by atoms with Crippen LogP contribution >= 0.6 is 11.8 Å². The molecule has 0 bridgehead atoms. The van der Waals surface area contributed by atoms with E-state index in [0.29, 0.717) is 56.5 Å². The Labute approximate surface area is 208 Å². The maximum absolute atomic E-state index is 12.6. The van der Waals surface area contributed by atoms with Crippen LogP contribution in [0.4, 0.5) is 0 Å². The lowest BCUT2D eigenvalue weighted by Gasteiger charge is -2.61. The number of fused-ring (bicyclic) bond motifs is 5. The van der Waals surface area contributed by atoms with Crippen molar-refractivity contribution < 1.29 is 24.2 Å². The monoisotopic (exact) mass is 490 g/mol. The highest BCUT2D eigenvalue weighted by molar-refractivity contribution is 8.14. The third kappa shape index (κ3) is 4.31. The Morgan fingerprint density at radius 3 is 2.56 bits per heavy atom. The van der Waals surface area contributed by atoms with Gasteiger partial charge in [0.05, 0.1) is 12.2 Å². The second-order valence-electron chi connectivity index (χ2n) is 11.6. The first-order valence-electron chi connectivity index (χ1n) is 13.4. The summed E-state index contributed by atoms with van der Waals surface area (Å²) >= 11 is 1.51. The Morgan fingerprint density at radius 1 is 1.12 bits per heavy atom. The molecule has 0 saturated heterocycles. The van der Waals surface area contributed by atoms with Crippen LogP contribution < -0.4 is 0 Å². The van der Waals surface area contributed by atoms with E-state index in [1.807, 2.05) is 13.0 Å². The fourth-order valence-electron chi connectivity index (χ4n) is 8.05. The van der Waals surface area contributed by atoms with Gasteiger partial charge in [0.2, 0.25) is 0 Å². The first kappa shape index (κ1) is 25.9. The molecule has 0 radical (unpaired) electrons. The van der Waals surface area contributed by atoms with Gasteiger partial charge in [-0.3, -0.25) is 14.4 Å². The molecule has 4 aliphatic carbocycles. The summed E-state index contributed by atoms with van der Waals surface area (Å²) in [6.07, 6.45) is 10.2. The molecule has 4 aliphatic rings. The second-order valence-corrected chi connectivity index (χ2v) is 12.9. The van der Waals surface area contributed by atoms with Gasteiger partial charge in [-0.25, -0.2) is 0 Å². The minimum atomic E-state index is -0.759. The number of hydrogen-bond donors (Lipinski definition) is 1. The van der Waals surface area contributed by atoms with Crippen molar-refractivity contribution in [3.63, 3.8) is 0 Å². The molecule has 6 heteroatoms. The third-order valence-corrected chi connectivity index (χ3v) is 11.5. The van der Waals surface area contributed by atoms with Gasteiger partial charge in [0.1, 0.15) is 0 Å². The van der Waals surface area contributed by atoms with E-state index in [2.05, 4.69) is 13.8 Å². The van der Waals surface area contributed by atoms with Crippen LogP contribution in [0.5, 0.6) is 0 Å². The summed E-state index contributed by atoms with van der Waals surface area (Å²) in [6.45, 7) is 8.72. The number of ketones is 1. The van der Waals surface area contributed by atoms with E-state index < -0.39 is 5.60 Å². The summed E-state index contributed by atoms with van der Waals surface area (Å²) in [7, 11) is 0. The van der Waals surface area contributed by atoms with E-state index in [1.165, 1.54) is 17.3 Å². The molecule has 0 heterocycles. The molecule has 34 heavy (non-hydrogen) atoms. The average molecular weight is 491 g/mol. The molecular formula is C28H42O5S. The Morgan fingerprint density at radius 2 is 1.85 bits per heavy atom. The predicted octanol–water partition coefficient (Wildman–Crippen LogP) is 5.63. The number of rotatable bonds is 7. The van der Waals surface area contributed by atoms with Crippen LogP contribution in [0.25, 0.3) is 0 Å². The summed E-state index contributed by atoms with van der Waals surface area (Å²) in [5, 5.41) is 12.3. The van der Waals surface area contributed by atoms with Crippen LogP contribution in [0.2, 0.25) is 0 Å². The van der Waals surface area contributed by atoms with Crippen molar-refractivity contribution in [3.05, 3.63) is 11.6 Å². The number of esters is 1. The molecule has 0 unspecified atom stereocenters. The number of carbonyl (C=O) groups excluding carboxylic acids is 3. The van der Waals surface area contributed by atoms with Crippen molar-refractivity contribution in [2.75, 3.05) is 6.61 Å². The molecule has 0 aromatic rings. The molecule has 5 nitrogen and oxygen atoms in total.